The van der Waals surface area contributed by atoms with Crippen LogP contribution in [0.15, 0.2) is 88.5 Å². The van der Waals surface area contributed by atoms with Crippen LogP contribution in [0.2, 0.25) is 0 Å². The van der Waals surface area contributed by atoms with Crippen molar-refractivity contribution in [2.24, 2.45) is 0 Å². The van der Waals surface area contributed by atoms with Gasteiger partial charge in [-0.25, -0.2) is 0 Å². The molecule has 0 amide bonds. The van der Waals surface area contributed by atoms with Gasteiger partial charge in [0.2, 0.25) is 5.89 Å². The lowest BCUT2D eigenvalue weighted by molar-refractivity contribution is 0.414. The highest BCUT2D eigenvalue weighted by Gasteiger charge is 2.09. The van der Waals surface area contributed by atoms with Gasteiger partial charge in [0.05, 0.1) is 7.11 Å². The van der Waals surface area contributed by atoms with E-state index in [0.717, 1.165) is 17.1 Å². The molecule has 0 unspecified atom stereocenters. The van der Waals surface area contributed by atoms with E-state index in [1.54, 1.807) is 7.11 Å². The molecule has 5 heteroatoms. The minimum atomic E-state index is 0.513. The monoisotopic (exact) mass is 374 g/mol. The van der Waals surface area contributed by atoms with Gasteiger partial charge in [-0.3, -0.25) is 0 Å². The first-order valence-electron chi connectivity index (χ1n) is 8.57. The zero-order valence-electron chi connectivity index (χ0n) is 14.8. The molecule has 27 heavy (non-hydrogen) atoms. The van der Waals surface area contributed by atoms with Crippen LogP contribution in [-0.4, -0.2) is 17.3 Å². The molecule has 4 aromatic rings. The second-order valence-corrected chi connectivity index (χ2v) is 6.88. The molecule has 0 aliphatic heterocycles. The number of nitrogens with zero attached hydrogens (tertiary/aromatic N) is 2. The highest BCUT2D eigenvalue weighted by molar-refractivity contribution is 7.98. The molecule has 0 bridgehead atoms. The molecule has 0 atom stereocenters. The first-order chi connectivity index (χ1) is 13.3. The quantitative estimate of drug-likeness (QED) is 0.405. The molecule has 0 aliphatic rings. The lowest BCUT2D eigenvalue weighted by Gasteiger charge is -2.03. The Labute approximate surface area is 162 Å². The largest absolute Gasteiger partial charge is 0.497 e. The maximum Gasteiger partial charge on any atom is 0.277 e. The fraction of sp³-hybridized carbons (Fsp3) is 0.0909. The van der Waals surface area contributed by atoms with Gasteiger partial charge < -0.3 is 9.15 Å². The molecule has 0 saturated carbocycles. The van der Waals surface area contributed by atoms with Crippen molar-refractivity contribution >= 4 is 11.8 Å². The average Bonchev–Trinajstić information content (AvgIpc) is 3.22. The first-order valence-corrected chi connectivity index (χ1v) is 9.55. The van der Waals surface area contributed by atoms with Crippen LogP contribution in [0.5, 0.6) is 5.75 Å². The molecule has 3 aromatic carbocycles. The summed E-state index contributed by atoms with van der Waals surface area (Å²) in [6.07, 6.45) is 0. The second-order valence-electron chi connectivity index (χ2n) is 5.95. The maximum atomic E-state index is 5.76. The molecule has 134 valence electrons. The molecule has 1 heterocycles. The molecule has 0 saturated heterocycles. The number of rotatable bonds is 6. The van der Waals surface area contributed by atoms with Gasteiger partial charge in [-0.2, -0.15) is 0 Å². The summed E-state index contributed by atoms with van der Waals surface area (Å²) in [7, 11) is 1.64. The zero-order chi connectivity index (χ0) is 18.5. The Kier molecular flexibility index (Phi) is 5.21. The Hall–Kier alpha value is -3.05. The van der Waals surface area contributed by atoms with Crippen molar-refractivity contribution in [2.45, 2.75) is 11.0 Å². The Balaban J connectivity index is 1.39. The van der Waals surface area contributed by atoms with E-state index >= 15 is 0 Å². The summed E-state index contributed by atoms with van der Waals surface area (Å²) in [6, 6.07) is 26.5. The van der Waals surface area contributed by atoms with Crippen LogP contribution in [0.4, 0.5) is 0 Å². The van der Waals surface area contributed by atoms with E-state index in [2.05, 4.69) is 58.7 Å². The lowest BCUT2D eigenvalue weighted by Crippen LogP contribution is -1.82. The third-order valence-electron chi connectivity index (χ3n) is 4.17. The molecule has 4 nitrogen and oxygen atoms in total. The van der Waals surface area contributed by atoms with Gasteiger partial charge in [0, 0.05) is 11.3 Å². The SMILES string of the molecule is COc1ccc(-c2nnc(SCc3ccc(-c4ccccc4)cc3)o2)cc1. The van der Waals surface area contributed by atoms with Crippen molar-refractivity contribution in [3.8, 4) is 28.3 Å². The number of methoxy groups -OCH3 is 1. The highest BCUT2D eigenvalue weighted by atomic mass is 32.2. The fourth-order valence-electron chi connectivity index (χ4n) is 2.69. The molecule has 4 rings (SSSR count). The molecule has 0 N–H and O–H groups in total. The third kappa shape index (κ3) is 4.20. The smallest absolute Gasteiger partial charge is 0.277 e. The number of aromatic nitrogens is 2. The summed E-state index contributed by atoms with van der Waals surface area (Å²) in [6.45, 7) is 0. The Morgan fingerprint density at radius 1 is 0.778 bits per heavy atom. The molecule has 0 fully saturated rings. The number of hydrogen-bond acceptors (Lipinski definition) is 5. The van der Waals surface area contributed by atoms with Gasteiger partial charge in [-0.1, -0.05) is 66.4 Å². The van der Waals surface area contributed by atoms with Crippen molar-refractivity contribution < 1.29 is 9.15 Å². The fourth-order valence-corrected chi connectivity index (χ4v) is 3.41. The summed E-state index contributed by atoms with van der Waals surface area (Å²) in [4.78, 5) is 0. The van der Waals surface area contributed by atoms with Crippen LogP contribution in [0.3, 0.4) is 0 Å². The molecular weight excluding hydrogens is 356 g/mol. The van der Waals surface area contributed by atoms with Crippen molar-refractivity contribution in [3.63, 3.8) is 0 Å². The van der Waals surface area contributed by atoms with E-state index in [1.807, 2.05) is 30.3 Å². The van der Waals surface area contributed by atoms with Gasteiger partial charge in [-0.15, -0.1) is 10.2 Å². The van der Waals surface area contributed by atoms with E-state index < -0.39 is 0 Å². The summed E-state index contributed by atoms with van der Waals surface area (Å²) < 4.78 is 10.9. The number of benzene rings is 3. The van der Waals surface area contributed by atoms with Crippen LogP contribution < -0.4 is 4.74 Å². The number of ether oxygens (including phenoxy) is 1. The van der Waals surface area contributed by atoms with Crippen LogP contribution in [0.25, 0.3) is 22.6 Å². The van der Waals surface area contributed by atoms with Crippen molar-refractivity contribution in [2.75, 3.05) is 7.11 Å². The van der Waals surface area contributed by atoms with Gasteiger partial charge in [0.25, 0.3) is 5.22 Å². The van der Waals surface area contributed by atoms with E-state index in [0.29, 0.717) is 11.1 Å². The number of thioether (sulfide) groups is 1. The predicted octanol–water partition coefficient (Wildman–Crippen LogP) is 5.70. The van der Waals surface area contributed by atoms with E-state index in [9.17, 15) is 0 Å². The van der Waals surface area contributed by atoms with Gasteiger partial charge >= 0.3 is 0 Å². The standard InChI is InChI=1S/C22H18N2O2S/c1-25-20-13-11-19(12-14-20)21-23-24-22(26-21)27-15-16-7-9-18(10-8-16)17-5-3-2-4-6-17/h2-14H,15H2,1H3. The summed E-state index contributed by atoms with van der Waals surface area (Å²) in [5, 5.41) is 8.82. The second kappa shape index (κ2) is 8.10. The summed E-state index contributed by atoms with van der Waals surface area (Å²) in [5.41, 5.74) is 4.52. The van der Waals surface area contributed by atoms with Crippen molar-refractivity contribution in [1.82, 2.24) is 10.2 Å². The predicted molar refractivity (Wildman–Crippen MR) is 108 cm³/mol. The molecule has 0 radical (unpaired) electrons. The summed E-state index contributed by atoms with van der Waals surface area (Å²) in [5.74, 6) is 2.09. The third-order valence-corrected chi connectivity index (χ3v) is 5.06. The van der Waals surface area contributed by atoms with E-state index in [4.69, 9.17) is 9.15 Å². The van der Waals surface area contributed by atoms with Crippen LogP contribution in [0.1, 0.15) is 5.56 Å². The summed E-state index contributed by atoms with van der Waals surface area (Å²) >= 11 is 1.53. The van der Waals surface area contributed by atoms with E-state index in [-0.39, 0.29) is 0 Å². The highest BCUT2D eigenvalue weighted by Crippen LogP contribution is 2.27. The van der Waals surface area contributed by atoms with Crippen molar-refractivity contribution in [1.29, 1.82) is 0 Å². The molecular formula is C22H18N2O2S. The van der Waals surface area contributed by atoms with Crippen LogP contribution in [-0.2, 0) is 5.75 Å². The topological polar surface area (TPSA) is 48.2 Å². The van der Waals surface area contributed by atoms with Crippen LogP contribution >= 0.6 is 11.8 Å². The van der Waals surface area contributed by atoms with Gasteiger partial charge in [-0.05, 0) is 41.0 Å². The van der Waals surface area contributed by atoms with Crippen molar-refractivity contribution in [3.05, 3.63) is 84.4 Å². The maximum absolute atomic E-state index is 5.76. The molecule has 0 spiro atoms. The van der Waals surface area contributed by atoms with Gasteiger partial charge in [0.15, 0.2) is 0 Å². The van der Waals surface area contributed by atoms with Gasteiger partial charge in [0.1, 0.15) is 5.75 Å². The molecule has 1 aromatic heterocycles. The first kappa shape index (κ1) is 17.4. The number of hydrogen-bond donors (Lipinski definition) is 0. The molecule has 0 aliphatic carbocycles. The van der Waals surface area contributed by atoms with E-state index in [1.165, 1.54) is 28.5 Å². The Morgan fingerprint density at radius 2 is 1.44 bits per heavy atom. The normalized spacial score (nSPS) is 10.7. The Bertz CT molecular complexity index is 997. The minimum absolute atomic E-state index is 0.513. The minimum Gasteiger partial charge on any atom is -0.497 e. The lowest BCUT2D eigenvalue weighted by atomic mass is 10.0. The Morgan fingerprint density at radius 3 is 2.15 bits per heavy atom. The van der Waals surface area contributed by atoms with Crippen LogP contribution in [0, 0.1) is 0 Å². The zero-order valence-corrected chi connectivity index (χ0v) is 15.6. The average molecular weight is 374 g/mol.